The van der Waals surface area contributed by atoms with Gasteiger partial charge in [0, 0.05) is 5.70 Å². The number of fused-ring (bicyclic) bond motifs is 1. The molecule has 0 bridgehead atoms. The van der Waals surface area contributed by atoms with E-state index in [2.05, 4.69) is 30.8 Å². The number of hydrogen-bond acceptors (Lipinski definition) is 7. The number of nitrogens with one attached hydrogen (secondary N) is 3. The second-order valence-corrected chi connectivity index (χ2v) is 6.06. The molecule has 2 aromatic heterocycles. The monoisotopic (exact) mass is 371 g/mol. The highest BCUT2D eigenvalue weighted by atomic mass is 35.5. The van der Waals surface area contributed by atoms with Gasteiger partial charge in [-0.25, -0.2) is 4.99 Å². The Hall–Kier alpha value is -3.33. The van der Waals surface area contributed by atoms with Crippen molar-refractivity contribution in [1.29, 1.82) is 0 Å². The summed E-state index contributed by atoms with van der Waals surface area (Å²) in [5.74, 6) is -0.259. The molecule has 1 aliphatic rings. The number of aromatic amines is 1. The number of amides is 1. The lowest BCUT2D eigenvalue weighted by atomic mass is 10.0. The first-order chi connectivity index (χ1) is 12.5. The van der Waals surface area contributed by atoms with E-state index in [4.69, 9.17) is 21.8 Å². The molecule has 10 heteroatoms. The molecule has 5 N–H and O–H groups in total. The number of nitrogens with two attached hydrogens (primary N) is 1. The third-order valence-corrected chi connectivity index (χ3v) is 4.22. The molecule has 0 aliphatic carbocycles. The normalized spacial score (nSPS) is 17.2. The number of aliphatic imine (C=N–C) groups is 1. The van der Waals surface area contributed by atoms with Crippen molar-refractivity contribution in [1.82, 2.24) is 20.5 Å². The van der Waals surface area contributed by atoms with E-state index in [9.17, 15) is 4.79 Å². The lowest BCUT2D eigenvalue weighted by Crippen LogP contribution is -2.37. The zero-order valence-corrected chi connectivity index (χ0v) is 14.3. The van der Waals surface area contributed by atoms with E-state index in [0.29, 0.717) is 39.0 Å². The van der Waals surface area contributed by atoms with Gasteiger partial charge in [0.15, 0.2) is 5.58 Å². The predicted octanol–water partition coefficient (Wildman–Crippen LogP) is 2.08. The number of benzene rings is 1. The van der Waals surface area contributed by atoms with Gasteiger partial charge < -0.3 is 15.5 Å². The molecule has 1 atom stereocenters. The summed E-state index contributed by atoms with van der Waals surface area (Å²) in [5.41, 5.74) is 8.18. The predicted molar refractivity (Wildman–Crippen MR) is 96.4 cm³/mol. The molecule has 1 unspecified atom stereocenters. The Labute approximate surface area is 152 Å². The average molecular weight is 372 g/mol. The van der Waals surface area contributed by atoms with E-state index in [1.165, 1.54) is 6.20 Å². The van der Waals surface area contributed by atoms with Crippen LogP contribution in [0.5, 0.6) is 0 Å². The summed E-state index contributed by atoms with van der Waals surface area (Å²) in [6.07, 6.45) is 1.44. The number of carbonyl (C=O) groups excluding carboxylic acids is 1. The average Bonchev–Trinajstić information content (AvgIpc) is 3.19. The van der Waals surface area contributed by atoms with Crippen molar-refractivity contribution in [2.24, 2.45) is 10.7 Å². The molecule has 0 saturated carbocycles. The molecule has 3 heterocycles. The fraction of sp³-hybridized carbons (Fsp3) is 0.125. The first-order valence-electron chi connectivity index (χ1n) is 7.69. The maximum Gasteiger partial charge on any atom is 0.302 e. The Morgan fingerprint density at radius 3 is 2.88 bits per heavy atom. The van der Waals surface area contributed by atoms with Crippen molar-refractivity contribution < 1.29 is 9.21 Å². The molecular weight excluding hydrogens is 358 g/mol. The number of halogens is 1. The van der Waals surface area contributed by atoms with E-state index in [-0.39, 0.29) is 6.01 Å². The van der Waals surface area contributed by atoms with Crippen LogP contribution in [-0.2, 0) is 4.79 Å². The molecule has 0 radical (unpaired) electrons. The molecule has 1 aromatic carbocycles. The molecule has 132 valence electrons. The number of nitrogens with zero attached hydrogens (tertiary/aromatic N) is 3. The number of oxazole rings is 1. The van der Waals surface area contributed by atoms with Gasteiger partial charge in [0.05, 0.1) is 22.5 Å². The Morgan fingerprint density at radius 1 is 1.38 bits per heavy atom. The Balaban J connectivity index is 1.70. The van der Waals surface area contributed by atoms with Gasteiger partial charge in [0.2, 0.25) is 11.9 Å². The van der Waals surface area contributed by atoms with Crippen molar-refractivity contribution in [2.45, 2.75) is 13.0 Å². The molecule has 26 heavy (non-hydrogen) atoms. The van der Waals surface area contributed by atoms with E-state index in [1.54, 1.807) is 6.92 Å². The van der Waals surface area contributed by atoms with Crippen molar-refractivity contribution in [3.8, 4) is 0 Å². The van der Waals surface area contributed by atoms with E-state index in [0.717, 1.165) is 0 Å². The number of primary amides is 1. The Morgan fingerprint density at radius 2 is 2.19 bits per heavy atom. The SMILES string of the molecule is CC1=C(C(N)=O)C(c2[nH]ncc2Cl)N=C(Nc2nc3ccccc3o2)N1. The lowest BCUT2D eigenvalue weighted by molar-refractivity contribution is -0.114. The number of H-pyrrole nitrogens is 1. The van der Waals surface area contributed by atoms with Gasteiger partial charge >= 0.3 is 6.01 Å². The van der Waals surface area contributed by atoms with Crippen LogP contribution < -0.4 is 16.4 Å². The number of carbonyl (C=O) groups is 1. The van der Waals surface area contributed by atoms with Crippen LogP contribution in [-0.4, -0.2) is 27.0 Å². The van der Waals surface area contributed by atoms with Crippen molar-refractivity contribution in [3.05, 3.63) is 52.4 Å². The van der Waals surface area contributed by atoms with Crippen LogP contribution in [0.1, 0.15) is 18.7 Å². The summed E-state index contributed by atoms with van der Waals surface area (Å²) in [7, 11) is 0. The maximum atomic E-state index is 11.9. The number of allylic oxidation sites excluding steroid dienone is 1. The Kier molecular flexibility index (Phi) is 3.85. The topological polar surface area (TPSA) is 134 Å². The fourth-order valence-corrected chi connectivity index (χ4v) is 2.96. The standard InChI is InChI=1S/C16H14ClN7O2/c1-7-11(14(18)25)13(12-8(17)6-19-24-12)22-15(20-7)23-16-21-9-4-2-3-5-10(9)26-16/h2-6,13H,1H3,(H2,18,25)(H,19,24)(H2,20,21,22,23). The van der Waals surface area contributed by atoms with Gasteiger partial charge in [-0.1, -0.05) is 23.7 Å². The summed E-state index contributed by atoms with van der Waals surface area (Å²) in [4.78, 5) is 20.7. The third-order valence-electron chi connectivity index (χ3n) is 3.92. The van der Waals surface area contributed by atoms with Crippen LogP contribution in [0.3, 0.4) is 0 Å². The highest BCUT2D eigenvalue weighted by Gasteiger charge is 2.30. The minimum Gasteiger partial charge on any atom is -0.423 e. The van der Waals surface area contributed by atoms with Gasteiger partial charge in [-0.15, -0.1) is 0 Å². The van der Waals surface area contributed by atoms with Crippen LogP contribution in [0.15, 0.2) is 51.1 Å². The number of anilines is 1. The minimum absolute atomic E-state index is 0.266. The van der Waals surface area contributed by atoms with E-state index < -0.39 is 11.9 Å². The zero-order valence-electron chi connectivity index (χ0n) is 13.6. The van der Waals surface area contributed by atoms with Gasteiger partial charge in [-0.3, -0.25) is 15.2 Å². The zero-order chi connectivity index (χ0) is 18.3. The summed E-state index contributed by atoms with van der Waals surface area (Å²) >= 11 is 6.14. The van der Waals surface area contributed by atoms with Gasteiger partial charge in [-0.05, 0) is 19.1 Å². The molecule has 1 amide bonds. The Bertz CT molecular complexity index is 1030. The van der Waals surface area contributed by atoms with E-state index >= 15 is 0 Å². The maximum absolute atomic E-state index is 11.9. The van der Waals surface area contributed by atoms with Gasteiger partial charge in [-0.2, -0.15) is 10.1 Å². The molecule has 0 spiro atoms. The highest BCUT2D eigenvalue weighted by Crippen LogP contribution is 2.33. The number of rotatable bonds is 3. The van der Waals surface area contributed by atoms with Crippen LogP contribution in [0, 0.1) is 0 Å². The number of guanidine groups is 1. The smallest absolute Gasteiger partial charge is 0.302 e. The number of aromatic nitrogens is 3. The van der Waals surface area contributed by atoms with Crippen molar-refractivity contribution in [3.63, 3.8) is 0 Å². The summed E-state index contributed by atoms with van der Waals surface area (Å²) in [6.45, 7) is 1.72. The fourth-order valence-electron chi connectivity index (χ4n) is 2.77. The van der Waals surface area contributed by atoms with Crippen molar-refractivity contribution in [2.75, 3.05) is 5.32 Å². The van der Waals surface area contributed by atoms with Crippen LogP contribution in [0.25, 0.3) is 11.1 Å². The number of hydrogen-bond donors (Lipinski definition) is 4. The molecule has 3 aromatic rings. The third kappa shape index (κ3) is 2.78. The van der Waals surface area contributed by atoms with Crippen LogP contribution in [0.2, 0.25) is 5.02 Å². The van der Waals surface area contributed by atoms with E-state index in [1.807, 2.05) is 24.3 Å². The minimum atomic E-state index is -0.726. The van der Waals surface area contributed by atoms with Crippen LogP contribution >= 0.6 is 11.6 Å². The number of para-hydroxylation sites is 2. The molecule has 9 nitrogen and oxygen atoms in total. The highest BCUT2D eigenvalue weighted by molar-refractivity contribution is 6.31. The second kappa shape index (κ2) is 6.19. The molecule has 4 rings (SSSR count). The quantitative estimate of drug-likeness (QED) is 0.556. The first kappa shape index (κ1) is 16.2. The van der Waals surface area contributed by atoms with Gasteiger partial charge in [0.1, 0.15) is 11.6 Å². The summed E-state index contributed by atoms with van der Waals surface area (Å²) < 4.78 is 5.63. The van der Waals surface area contributed by atoms with Gasteiger partial charge in [0.25, 0.3) is 0 Å². The first-order valence-corrected chi connectivity index (χ1v) is 8.07. The molecule has 1 aliphatic heterocycles. The second-order valence-electron chi connectivity index (χ2n) is 5.65. The van der Waals surface area contributed by atoms with Crippen LogP contribution in [0.4, 0.5) is 6.01 Å². The summed E-state index contributed by atoms with van der Waals surface area (Å²) in [5, 5.41) is 13.0. The summed E-state index contributed by atoms with van der Waals surface area (Å²) in [6, 6.07) is 6.91. The molecule has 0 saturated heterocycles. The largest absolute Gasteiger partial charge is 0.423 e. The van der Waals surface area contributed by atoms with Crippen molar-refractivity contribution >= 4 is 40.6 Å². The molecular formula is C16H14ClN7O2. The molecule has 0 fully saturated rings. The lowest BCUT2D eigenvalue weighted by Gasteiger charge is -2.24.